The van der Waals surface area contributed by atoms with E-state index in [1.165, 1.54) is 18.2 Å². The van der Waals surface area contributed by atoms with Gasteiger partial charge in [-0.15, -0.1) is 25.6 Å². The van der Waals surface area contributed by atoms with Crippen LogP contribution in [0.2, 0.25) is 0 Å². The number of halogens is 4. The lowest BCUT2D eigenvalue weighted by Crippen LogP contribution is -2.16. The molecule has 2 N–H and O–H groups in total. The molecule has 2 aromatic rings. The Morgan fingerprint density at radius 1 is 1.42 bits per heavy atom. The van der Waals surface area contributed by atoms with Crippen molar-refractivity contribution in [3.05, 3.63) is 18.2 Å². The van der Waals surface area contributed by atoms with Gasteiger partial charge in [0.1, 0.15) is 5.75 Å². The summed E-state index contributed by atoms with van der Waals surface area (Å²) in [5, 5.41) is 0.397. The van der Waals surface area contributed by atoms with Gasteiger partial charge in [0.2, 0.25) is 5.13 Å². The van der Waals surface area contributed by atoms with Gasteiger partial charge in [-0.05, 0) is 19.1 Å². The number of ether oxygens (including phenoxy) is 1. The molecular formula is C10H9ClF3N3OS. The van der Waals surface area contributed by atoms with Crippen LogP contribution in [0.5, 0.6) is 5.75 Å². The molecule has 4 nitrogen and oxygen atoms in total. The summed E-state index contributed by atoms with van der Waals surface area (Å²) in [5.74, 6) is 0.0551. The zero-order valence-corrected chi connectivity index (χ0v) is 11.2. The molecule has 0 unspecified atom stereocenters. The Bertz CT molecular complexity index is 608. The molecular weight excluding hydrogens is 303 g/mol. The van der Waals surface area contributed by atoms with Crippen molar-refractivity contribution in [3.8, 4) is 5.75 Å². The van der Waals surface area contributed by atoms with E-state index in [4.69, 9.17) is 5.73 Å². The monoisotopic (exact) mass is 311 g/mol. The predicted molar refractivity (Wildman–Crippen MR) is 70.5 cm³/mol. The van der Waals surface area contributed by atoms with Crippen LogP contribution < -0.4 is 10.5 Å². The smallest absolute Gasteiger partial charge is 0.406 e. The minimum atomic E-state index is -4.70. The van der Waals surface area contributed by atoms with Crippen molar-refractivity contribution in [2.75, 3.05) is 0 Å². The van der Waals surface area contributed by atoms with Gasteiger partial charge in [0, 0.05) is 6.07 Å². The molecule has 0 radical (unpaired) electrons. The molecule has 0 atom stereocenters. The number of amidine groups is 1. The number of alkyl halides is 3. The van der Waals surface area contributed by atoms with E-state index in [2.05, 4.69) is 14.7 Å². The molecule has 0 bridgehead atoms. The first kappa shape index (κ1) is 15.5. The summed E-state index contributed by atoms with van der Waals surface area (Å²) < 4.78 is 40.5. The molecule has 1 aromatic heterocycles. The number of nitrogens with zero attached hydrogens (tertiary/aromatic N) is 2. The number of thiazole rings is 1. The molecule has 19 heavy (non-hydrogen) atoms. The van der Waals surface area contributed by atoms with Crippen molar-refractivity contribution < 1.29 is 17.9 Å². The third kappa shape index (κ3) is 4.25. The highest BCUT2D eigenvalue weighted by Gasteiger charge is 2.31. The predicted octanol–water partition coefficient (Wildman–Crippen LogP) is 3.63. The first-order valence-corrected chi connectivity index (χ1v) is 5.62. The SMILES string of the molecule is CC(N)=Nc1nc2ccc(OC(F)(F)F)cc2s1.Cl. The van der Waals surface area contributed by atoms with Crippen LogP contribution in [0.3, 0.4) is 0 Å². The van der Waals surface area contributed by atoms with E-state index in [9.17, 15) is 13.2 Å². The molecule has 1 aromatic carbocycles. The quantitative estimate of drug-likeness (QED) is 0.680. The Balaban J connectivity index is 0.00000180. The second kappa shape index (κ2) is 5.62. The fourth-order valence-electron chi connectivity index (χ4n) is 1.29. The lowest BCUT2D eigenvalue weighted by molar-refractivity contribution is -0.274. The number of nitrogens with two attached hydrogens (primary N) is 1. The normalized spacial score (nSPS) is 12.3. The number of rotatable bonds is 2. The maximum Gasteiger partial charge on any atom is 0.573 e. The number of fused-ring (bicyclic) bond motifs is 1. The minimum Gasteiger partial charge on any atom is -0.406 e. The molecule has 0 saturated carbocycles. The lowest BCUT2D eigenvalue weighted by atomic mass is 10.3. The highest BCUT2D eigenvalue weighted by Crippen LogP contribution is 2.32. The fourth-order valence-corrected chi connectivity index (χ4v) is 2.21. The average molecular weight is 312 g/mol. The molecule has 1 heterocycles. The lowest BCUT2D eigenvalue weighted by Gasteiger charge is -2.07. The maximum atomic E-state index is 12.0. The summed E-state index contributed by atoms with van der Waals surface area (Å²) in [4.78, 5) is 8.04. The van der Waals surface area contributed by atoms with Crippen LogP contribution in [0.15, 0.2) is 23.2 Å². The van der Waals surface area contributed by atoms with Crippen LogP contribution in [0.4, 0.5) is 18.3 Å². The molecule has 0 amide bonds. The van der Waals surface area contributed by atoms with Crippen molar-refractivity contribution in [2.45, 2.75) is 13.3 Å². The number of aromatic nitrogens is 1. The number of hydrogen-bond donors (Lipinski definition) is 1. The van der Waals surface area contributed by atoms with E-state index in [-0.39, 0.29) is 18.2 Å². The van der Waals surface area contributed by atoms with Crippen LogP contribution in [-0.4, -0.2) is 17.2 Å². The Kier molecular flexibility index (Phi) is 4.59. The zero-order chi connectivity index (χ0) is 13.3. The molecule has 0 aliphatic heterocycles. The van der Waals surface area contributed by atoms with Gasteiger partial charge in [-0.3, -0.25) is 0 Å². The first-order chi connectivity index (χ1) is 8.33. The van der Waals surface area contributed by atoms with Crippen molar-refractivity contribution in [1.29, 1.82) is 0 Å². The molecule has 0 aliphatic carbocycles. The van der Waals surface area contributed by atoms with Gasteiger partial charge < -0.3 is 10.5 Å². The van der Waals surface area contributed by atoms with Gasteiger partial charge in [0.05, 0.1) is 16.1 Å². The van der Waals surface area contributed by atoms with Gasteiger partial charge in [0.15, 0.2) is 0 Å². The van der Waals surface area contributed by atoms with Crippen LogP contribution in [0.1, 0.15) is 6.92 Å². The standard InChI is InChI=1S/C10H8F3N3OS.ClH/c1-5(14)15-9-16-7-3-2-6(4-8(7)18-9)17-10(11,12)13;/h2-4H,1H3,(H2,14,15,16);1H. The van der Waals surface area contributed by atoms with E-state index in [1.54, 1.807) is 6.92 Å². The van der Waals surface area contributed by atoms with Gasteiger partial charge in [-0.2, -0.15) is 0 Å². The second-order valence-electron chi connectivity index (χ2n) is 3.43. The van der Waals surface area contributed by atoms with E-state index < -0.39 is 6.36 Å². The van der Waals surface area contributed by atoms with Crippen molar-refractivity contribution in [3.63, 3.8) is 0 Å². The summed E-state index contributed by atoms with van der Waals surface area (Å²) in [6.45, 7) is 1.60. The number of hydrogen-bond acceptors (Lipinski definition) is 4. The Morgan fingerprint density at radius 2 is 2.11 bits per heavy atom. The van der Waals surface area contributed by atoms with Crippen LogP contribution in [0, 0.1) is 0 Å². The Labute approximate surface area is 116 Å². The van der Waals surface area contributed by atoms with Gasteiger partial charge >= 0.3 is 6.36 Å². The van der Waals surface area contributed by atoms with Crippen LogP contribution in [-0.2, 0) is 0 Å². The van der Waals surface area contributed by atoms with E-state index in [1.807, 2.05) is 0 Å². The first-order valence-electron chi connectivity index (χ1n) is 4.80. The third-order valence-electron chi connectivity index (χ3n) is 1.85. The Hall–Kier alpha value is -1.54. The number of aliphatic imine (C=N–C) groups is 1. The summed E-state index contributed by atoms with van der Waals surface area (Å²) in [6.07, 6.45) is -4.70. The zero-order valence-electron chi connectivity index (χ0n) is 9.56. The van der Waals surface area contributed by atoms with Gasteiger partial charge in [-0.1, -0.05) is 11.3 Å². The average Bonchev–Trinajstić information content (AvgIpc) is 2.55. The molecule has 0 fully saturated rings. The molecule has 0 spiro atoms. The maximum absolute atomic E-state index is 12.0. The summed E-state index contributed by atoms with van der Waals surface area (Å²) in [6, 6.07) is 3.92. The van der Waals surface area contributed by atoms with Gasteiger partial charge in [0.25, 0.3) is 0 Å². The van der Waals surface area contributed by atoms with E-state index >= 15 is 0 Å². The molecule has 0 aliphatic rings. The highest BCUT2D eigenvalue weighted by molar-refractivity contribution is 7.22. The molecule has 0 saturated heterocycles. The molecule has 2 rings (SSSR count). The summed E-state index contributed by atoms with van der Waals surface area (Å²) in [7, 11) is 0. The van der Waals surface area contributed by atoms with Crippen molar-refractivity contribution >= 4 is 44.9 Å². The summed E-state index contributed by atoms with van der Waals surface area (Å²) >= 11 is 1.14. The summed E-state index contributed by atoms with van der Waals surface area (Å²) in [5.41, 5.74) is 5.95. The fraction of sp³-hybridized carbons (Fsp3) is 0.200. The van der Waals surface area contributed by atoms with Crippen molar-refractivity contribution in [2.24, 2.45) is 10.7 Å². The highest BCUT2D eigenvalue weighted by atomic mass is 35.5. The largest absolute Gasteiger partial charge is 0.573 e. The van der Waals surface area contributed by atoms with Gasteiger partial charge in [-0.25, -0.2) is 9.98 Å². The van der Waals surface area contributed by atoms with E-state index in [0.717, 1.165) is 11.3 Å². The molecule has 104 valence electrons. The van der Waals surface area contributed by atoms with Crippen LogP contribution in [0.25, 0.3) is 10.2 Å². The Morgan fingerprint density at radius 3 is 2.68 bits per heavy atom. The number of benzene rings is 1. The van der Waals surface area contributed by atoms with Crippen molar-refractivity contribution in [1.82, 2.24) is 4.98 Å². The minimum absolute atomic E-state index is 0. The third-order valence-corrected chi connectivity index (χ3v) is 2.77. The second-order valence-corrected chi connectivity index (χ2v) is 4.44. The molecule has 9 heteroatoms. The topological polar surface area (TPSA) is 60.5 Å². The van der Waals surface area contributed by atoms with Crippen LogP contribution >= 0.6 is 23.7 Å². The van der Waals surface area contributed by atoms with E-state index in [0.29, 0.717) is 21.2 Å².